The average Bonchev–Trinajstić information content (AvgIpc) is 3.23. The predicted molar refractivity (Wildman–Crippen MR) is 139 cm³/mol. The molecule has 2 amide bonds. The molecule has 0 aliphatic heterocycles. The highest BCUT2D eigenvalue weighted by Crippen LogP contribution is 2.27. The van der Waals surface area contributed by atoms with Crippen molar-refractivity contribution in [3.05, 3.63) is 77.6 Å². The second-order valence-corrected chi connectivity index (χ2v) is 9.30. The van der Waals surface area contributed by atoms with E-state index >= 15 is 0 Å². The Morgan fingerprint density at radius 3 is 2.57 bits per heavy atom. The molecule has 0 fully saturated rings. The number of hydrogen-bond donors (Lipinski definition) is 2. The highest BCUT2D eigenvalue weighted by Gasteiger charge is 2.27. The summed E-state index contributed by atoms with van der Waals surface area (Å²) in [6.45, 7) is 8.22. The fraction of sp³-hybridized carbons (Fsp3) is 0.280. The van der Waals surface area contributed by atoms with Crippen LogP contribution in [0.4, 0.5) is 5.69 Å². The van der Waals surface area contributed by atoms with E-state index in [1.165, 1.54) is 11.8 Å². The number of halogens is 1. The Hall–Kier alpha value is -3.30. The lowest BCUT2D eigenvalue weighted by Crippen LogP contribution is -2.34. The van der Waals surface area contributed by atoms with Crippen molar-refractivity contribution in [3.63, 3.8) is 0 Å². The molecule has 0 aliphatic carbocycles. The molecule has 3 aromatic rings. The summed E-state index contributed by atoms with van der Waals surface area (Å²) in [5.74, 6) is 0.784. The molecule has 0 unspecified atom stereocenters. The Balaban J connectivity index is 1.77. The van der Waals surface area contributed by atoms with Gasteiger partial charge in [-0.05, 0) is 30.2 Å². The smallest absolute Gasteiger partial charge is 0.253 e. The highest BCUT2D eigenvalue weighted by molar-refractivity contribution is 7.99. The van der Waals surface area contributed by atoms with Crippen molar-refractivity contribution in [2.45, 2.75) is 31.6 Å². The van der Waals surface area contributed by atoms with Gasteiger partial charge < -0.3 is 19.9 Å². The van der Waals surface area contributed by atoms with Gasteiger partial charge in [0.25, 0.3) is 5.91 Å². The minimum absolute atomic E-state index is 0.0147. The number of carbonyl (C=O) groups excluding carboxylic acids is 2. The van der Waals surface area contributed by atoms with E-state index in [2.05, 4.69) is 27.4 Å². The zero-order chi connectivity index (χ0) is 25.4. The number of allylic oxidation sites excluding steroid dienone is 1. The molecule has 0 saturated carbocycles. The zero-order valence-corrected chi connectivity index (χ0v) is 21.4. The van der Waals surface area contributed by atoms with Crippen LogP contribution < -0.4 is 15.4 Å². The van der Waals surface area contributed by atoms with E-state index in [0.29, 0.717) is 39.5 Å². The maximum atomic E-state index is 12.9. The highest BCUT2D eigenvalue weighted by atomic mass is 35.5. The van der Waals surface area contributed by atoms with Crippen LogP contribution in [0.5, 0.6) is 5.75 Å². The van der Waals surface area contributed by atoms with Gasteiger partial charge >= 0.3 is 0 Å². The fourth-order valence-electron chi connectivity index (χ4n) is 3.40. The van der Waals surface area contributed by atoms with E-state index in [9.17, 15) is 9.59 Å². The number of carbonyl (C=O) groups is 2. The molecule has 0 saturated heterocycles. The third kappa shape index (κ3) is 6.64. The third-order valence-electron chi connectivity index (χ3n) is 5.12. The van der Waals surface area contributed by atoms with Crippen LogP contribution in [0, 0.1) is 5.92 Å². The average molecular weight is 514 g/mol. The van der Waals surface area contributed by atoms with Crippen molar-refractivity contribution < 1.29 is 14.3 Å². The van der Waals surface area contributed by atoms with E-state index in [1.807, 2.05) is 30.5 Å². The molecule has 1 heterocycles. The van der Waals surface area contributed by atoms with Crippen LogP contribution in [-0.2, 0) is 11.3 Å². The number of nitrogens with zero attached hydrogens (tertiary/aromatic N) is 3. The summed E-state index contributed by atoms with van der Waals surface area (Å²) < 4.78 is 7.13. The number of thioether (sulfide) groups is 1. The second-order valence-electron chi connectivity index (χ2n) is 7.95. The molecule has 35 heavy (non-hydrogen) atoms. The van der Waals surface area contributed by atoms with E-state index in [0.717, 1.165) is 0 Å². The van der Waals surface area contributed by atoms with Gasteiger partial charge in [-0.3, -0.25) is 9.59 Å². The lowest BCUT2D eigenvalue weighted by molar-refractivity contribution is -0.113. The van der Waals surface area contributed by atoms with Crippen molar-refractivity contribution in [2.75, 3.05) is 18.2 Å². The largest absolute Gasteiger partial charge is 0.495 e. The molecule has 184 valence electrons. The first-order valence-corrected chi connectivity index (χ1v) is 12.4. The summed E-state index contributed by atoms with van der Waals surface area (Å²) in [6, 6.07) is 13.6. The lowest BCUT2D eigenvalue weighted by Gasteiger charge is -2.23. The summed E-state index contributed by atoms with van der Waals surface area (Å²) >= 11 is 7.46. The first-order valence-electron chi connectivity index (χ1n) is 11.0. The first kappa shape index (κ1) is 26.3. The van der Waals surface area contributed by atoms with Crippen LogP contribution in [0.25, 0.3) is 0 Å². The van der Waals surface area contributed by atoms with Crippen molar-refractivity contribution in [2.24, 2.45) is 5.92 Å². The zero-order valence-electron chi connectivity index (χ0n) is 19.8. The van der Waals surface area contributed by atoms with Crippen LogP contribution >= 0.6 is 23.4 Å². The quantitative estimate of drug-likeness (QED) is 0.277. The Labute approximate surface area is 214 Å². The third-order valence-corrected chi connectivity index (χ3v) is 6.42. The summed E-state index contributed by atoms with van der Waals surface area (Å²) in [5, 5.41) is 15.5. The van der Waals surface area contributed by atoms with Crippen molar-refractivity contribution in [3.8, 4) is 5.75 Å². The SMILES string of the molecule is C=CCn1c(SCC(=O)Nc2ccccc2OC)nnc1[C@H](NC(=O)c1ccccc1Cl)C(C)C. The number of rotatable bonds is 11. The van der Waals surface area contributed by atoms with Crippen LogP contribution in [0.1, 0.15) is 36.1 Å². The molecular formula is C25H28ClN5O3S. The monoisotopic (exact) mass is 513 g/mol. The topological polar surface area (TPSA) is 98.1 Å². The van der Waals surface area contributed by atoms with E-state index < -0.39 is 6.04 Å². The van der Waals surface area contributed by atoms with Crippen molar-refractivity contribution >= 4 is 40.9 Å². The summed E-state index contributed by atoms with van der Waals surface area (Å²) in [7, 11) is 1.55. The van der Waals surface area contributed by atoms with Crippen molar-refractivity contribution in [1.82, 2.24) is 20.1 Å². The van der Waals surface area contributed by atoms with Gasteiger partial charge in [0.05, 0.1) is 35.2 Å². The Morgan fingerprint density at radius 2 is 1.89 bits per heavy atom. The number of hydrogen-bond acceptors (Lipinski definition) is 6. The number of methoxy groups -OCH3 is 1. The molecule has 0 spiro atoms. The molecule has 1 aromatic heterocycles. The van der Waals surface area contributed by atoms with Crippen LogP contribution in [0.2, 0.25) is 5.02 Å². The van der Waals surface area contributed by atoms with Gasteiger partial charge in [0, 0.05) is 6.54 Å². The fourth-order valence-corrected chi connectivity index (χ4v) is 4.37. The first-order chi connectivity index (χ1) is 16.8. The van der Waals surface area contributed by atoms with Gasteiger partial charge in [0.2, 0.25) is 5.91 Å². The maximum absolute atomic E-state index is 12.9. The molecule has 0 bridgehead atoms. The van der Waals surface area contributed by atoms with Gasteiger partial charge in [-0.1, -0.05) is 67.6 Å². The summed E-state index contributed by atoms with van der Waals surface area (Å²) in [4.78, 5) is 25.5. The van der Waals surface area contributed by atoms with E-state index in [1.54, 1.807) is 49.6 Å². The number of ether oxygens (including phenoxy) is 1. The molecule has 0 radical (unpaired) electrons. The number of para-hydroxylation sites is 2. The number of amides is 2. The van der Waals surface area contributed by atoms with Crippen LogP contribution in [0.3, 0.4) is 0 Å². The Morgan fingerprint density at radius 1 is 1.17 bits per heavy atom. The number of benzene rings is 2. The van der Waals surface area contributed by atoms with E-state index in [4.69, 9.17) is 16.3 Å². The molecule has 10 heteroatoms. The number of aromatic nitrogens is 3. The molecule has 2 aromatic carbocycles. The number of nitrogens with one attached hydrogen (secondary N) is 2. The number of anilines is 1. The molecule has 1 atom stereocenters. The molecule has 0 aliphatic rings. The van der Waals surface area contributed by atoms with Gasteiger partial charge in [-0.15, -0.1) is 16.8 Å². The lowest BCUT2D eigenvalue weighted by atomic mass is 10.0. The molecule has 3 rings (SSSR count). The maximum Gasteiger partial charge on any atom is 0.253 e. The van der Waals surface area contributed by atoms with Crippen molar-refractivity contribution in [1.29, 1.82) is 0 Å². The minimum atomic E-state index is -0.428. The van der Waals surface area contributed by atoms with E-state index in [-0.39, 0.29) is 23.5 Å². The van der Waals surface area contributed by atoms with Gasteiger partial charge in [0.1, 0.15) is 5.75 Å². The minimum Gasteiger partial charge on any atom is -0.495 e. The summed E-state index contributed by atoms with van der Waals surface area (Å²) in [6.07, 6.45) is 1.72. The van der Waals surface area contributed by atoms with Gasteiger partial charge in [0.15, 0.2) is 11.0 Å². The molecular weight excluding hydrogens is 486 g/mol. The van der Waals surface area contributed by atoms with Gasteiger partial charge in [-0.2, -0.15) is 0 Å². The van der Waals surface area contributed by atoms with Crippen LogP contribution in [0.15, 0.2) is 66.3 Å². The molecule has 2 N–H and O–H groups in total. The summed E-state index contributed by atoms with van der Waals surface area (Å²) in [5.41, 5.74) is 0.980. The normalized spacial score (nSPS) is 11.7. The standard InChI is InChI=1S/C25H28ClN5O3S/c1-5-14-31-23(22(16(2)3)28-24(33)17-10-6-7-11-18(17)26)29-30-25(31)35-15-21(32)27-19-12-8-9-13-20(19)34-4/h5-13,16,22H,1,14-15H2,2-4H3,(H,27,32)(H,28,33)/t22-/m1/s1. The van der Waals surface area contributed by atoms with Crippen LogP contribution in [-0.4, -0.2) is 39.4 Å². The van der Waals surface area contributed by atoms with Gasteiger partial charge in [-0.25, -0.2) is 0 Å². The second kappa shape index (κ2) is 12.4. The predicted octanol–water partition coefficient (Wildman–Crippen LogP) is 4.98. The molecule has 8 nitrogen and oxygen atoms in total. The Bertz CT molecular complexity index is 1200. The Kier molecular flexibility index (Phi) is 9.33.